The fourth-order valence-electron chi connectivity index (χ4n) is 2.66. The highest BCUT2D eigenvalue weighted by Crippen LogP contribution is 2.31. The summed E-state index contributed by atoms with van der Waals surface area (Å²) in [7, 11) is 0. The molecule has 0 radical (unpaired) electrons. The summed E-state index contributed by atoms with van der Waals surface area (Å²) in [6.45, 7) is 3.90. The quantitative estimate of drug-likeness (QED) is 0.646. The van der Waals surface area contributed by atoms with Crippen molar-refractivity contribution in [2.45, 2.75) is 45.6 Å². The normalized spacial score (nSPS) is 18.8. The molecule has 0 heterocycles. The van der Waals surface area contributed by atoms with Crippen LogP contribution in [-0.4, -0.2) is 5.91 Å². The molecule has 3 nitrogen and oxygen atoms in total. The fourth-order valence-corrected chi connectivity index (χ4v) is 2.66. The number of allylic oxidation sites excluding steroid dienone is 1. The number of benzene rings is 1. The Labute approximate surface area is 114 Å². The number of rotatable bonds is 3. The third-order valence-corrected chi connectivity index (χ3v) is 3.66. The minimum Gasteiger partial charge on any atom is -0.399 e. The molecule has 0 fully saturated rings. The summed E-state index contributed by atoms with van der Waals surface area (Å²) in [6, 6.07) is 6.12. The zero-order valence-electron chi connectivity index (χ0n) is 11.7. The molecule has 2 rings (SSSR count). The predicted molar refractivity (Wildman–Crippen MR) is 78.7 cm³/mol. The van der Waals surface area contributed by atoms with E-state index in [1.807, 2.05) is 38.1 Å². The van der Waals surface area contributed by atoms with E-state index in [0.29, 0.717) is 0 Å². The van der Waals surface area contributed by atoms with Gasteiger partial charge in [-0.15, -0.1) is 0 Å². The highest BCUT2D eigenvalue weighted by Gasteiger charge is 2.22. The molecule has 0 aliphatic heterocycles. The van der Waals surface area contributed by atoms with Crippen molar-refractivity contribution >= 4 is 11.6 Å². The Hall–Kier alpha value is -1.77. The topological polar surface area (TPSA) is 55.1 Å². The minimum atomic E-state index is 0.0384. The number of hydrogen-bond acceptors (Lipinski definition) is 2. The van der Waals surface area contributed by atoms with Gasteiger partial charge in [0.15, 0.2) is 0 Å². The van der Waals surface area contributed by atoms with Gasteiger partial charge < -0.3 is 11.1 Å². The summed E-state index contributed by atoms with van der Waals surface area (Å²) in [6.07, 6.45) is 6.00. The molecule has 3 N–H and O–H groups in total. The van der Waals surface area contributed by atoms with Gasteiger partial charge in [-0.05, 0) is 55.9 Å². The van der Waals surface area contributed by atoms with Gasteiger partial charge in [0.05, 0.1) is 6.04 Å². The SMILES string of the molecule is CC/C=C(/C)C(=O)NC1CCCc2cc(N)ccc21. The van der Waals surface area contributed by atoms with Crippen molar-refractivity contribution in [2.24, 2.45) is 0 Å². The minimum absolute atomic E-state index is 0.0384. The van der Waals surface area contributed by atoms with Crippen molar-refractivity contribution in [2.75, 3.05) is 5.73 Å². The van der Waals surface area contributed by atoms with Crippen molar-refractivity contribution in [3.8, 4) is 0 Å². The van der Waals surface area contributed by atoms with Gasteiger partial charge in [0.2, 0.25) is 5.91 Å². The van der Waals surface area contributed by atoms with Gasteiger partial charge in [-0.3, -0.25) is 4.79 Å². The molecule has 3 heteroatoms. The second-order valence-electron chi connectivity index (χ2n) is 5.17. The van der Waals surface area contributed by atoms with Crippen LogP contribution in [-0.2, 0) is 11.2 Å². The molecule has 1 amide bonds. The summed E-state index contributed by atoms with van der Waals surface area (Å²) in [5, 5.41) is 3.13. The second-order valence-corrected chi connectivity index (χ2v) is 5.17. The third-order valence-electron chi connectivity index (χ3n) is 3.66. The molecule has 19 heavy (non-hydrogen) atoms. The Kier molecular flexibility index (Phi) is 4.25. The summed E-state index contributed by atoms with van der Waals surface area (Å²) in [5.41, 5.74) is 9.91. The van der Waals surface area contributed by atoms with Crippen LogP contribution in [0.25, 0.3) is 0 Å². The molecule has 0 bridgehead atoms. The number of amides is 1. The first-order chi connectivity index (χ1) is 9.11. The molecule has 1 aliphatic rings. The number of anilines is 1. The predicted octanol–water partition coefficient (Wildman–Crippen LogP) is 3.12. The molecule has 102 valence electrons. The van der Waals surface area contributed by atoms with Crippen molar-refractivity contribution in [3.63, 3.8) is 0 Å². The zero-order valence-corrected chi connectivity index (χ0v) is 11.7. The molecule has 0 saturated carbocycles. The lowest BCUT2D eigenvalue weighted by Crippen LogP contribution is -2.31. The van der Waals surface area contributed by atoms with Gasteiger partial charge in [-0.1, -0.05) is 19.1 Å². The Morgan fingerprint density at radius 2 is 2.32 bits per heavy atom. The van der Waals surface area contributed by atoms with Gasteiger partial charge in [0, 0.05) is 11.3 Å². The second kappa shape index (κ2) is 5.91. The summed E-state index contributed by atoms with van der Waals surface area (Å²) in [5.74, 6) is 0.0384. The van der Waals surface area contributed by atoms with E-state index in [1.165, 1.54) is 11.1 Å². The van der Waals surface area contributed by atoms with E-state index >= 15 is 0 Å². The van der Waals surface area contributed by atoms with E-state index in [0.717, 1.165) is 36.9 Å². The zero-order chi connectivity index (χ0) is 13.8. The third kappa shape index (κ3) is 3.16. The maximum Gasteiger partial charge on any atom is 0.247 e. The van der Waals surface area contributed by atoms with Crippen LogP contribution < -0.4 is 11.1 Å². The molecule has 1 unspecified atom stereocenters. The number of nitrogens with one attached hydrogen (secondary N) is 1. The van der Waals surface area contributed by atoms with Gasteiger partial charge in [-0.2, -0.15) is 0 Å². The van der Waals surface area contributed by atoms with Gasteiger partial charge >= 0.3 is 0 Å². The average Bonchev–Trinajstić information content (AvgIpc) is 2.38. The standard InChI is InChI=1S/C16H22N2O/c1-3-5-11(2)16(19)18-15-7-4-6-12-10-13(17)8-9-14(12)15/h5,8-10,15H,3-4,6-7,17H2,1-2H3,(H,18,19)/b11-5-. The first-order valence-electron chi connectivity index (χ1n) is 6.97. The first-order valence-corrected chi connectivity index (χ1v) is 6.97. The Bertz CT molecular complexity index is 505. The van der Waals surface area contributed by atoms with Crippen LogP contribution in [0.3, 0.4) is 0 Å². The smallest absolute Gasteiger partial charge is 0.247 e. The molecular formula is C16H22N2O. The monoisotopic (exact) mass is 258 g/mol. The molecule has 1 aromatic carbocycles. The van der Waals surface area contributed by atoms with E-state index in [9.17, 15) is 4.79 Å². The highest BCUT2D eigenvalue weighted by molar-refractivity contribution is 5.93. The van der Waals surface area contributed by atoms with Crippen LogP contribution in [0.4, 0.5) is 5.69 Å². The maximum atomic E-state index is 12.1. The van der Waals surface area contributed by atoms with Crippen molar-refractivity contribution in [1.29, 1.82) is 0 Å². The fraction of sp³-hybridized carbons (Fsp3) is 0.438. The number of nitrogens with two attached hydrogens (primary N) is 1. The van der Waals surface area contributed by atoms with Gasteiger partial charge in [0.1, 0.15) is 0 Å². The van der Waals surface area contributed by atoms with Gasteiger partial charge in [-0.25, -0.2) is 0 Å². The van der Waals surface area contributed by atoms with Crippen LogP contribution >= 0.6 is 0 Å². The highest BCUT2D eigenvalue weighted by atomic mass is 16.1. The maximum absolute atomic E-state index is 12.1. The Morgan fingerprint density at radius 3 is 3.05 bits per heavy atom. The van der Waals surface area contributed by atoms with E-state index in [-0.39, 0.29) is 11.9 Å². The van der Waals surface area contributed by atoms with E-state index in [1.54, 1.807) is 0 Å². The molecule has 0 aromatic heterocycles. The first kappa shape index (κ1) is 13.7. The number of carbonyl (C=O) groups is 1. The Morgan fingerprint density at radius 1 is 1.53 bits per heavy atom. The number of fused-ring (bicyclic) bond motifs is 1. The van der Waals surface area contributed by atoms with Crippen LogP contribution in [0.2, 0.25) is 0 Å². The number of carbonyl (C=O) groups excluding carboxylic acids is 1. The van der Waals surface area contributed by atoms with E-state index in [2.05, 4.69) is 5.32 Å². The van der Waals surface area contributed by atoms with Crippen LogP contribution in [0.1, 0.15) is 50.3 Å². The van der Waals surface area contributed by atoms with Crippen LogP contribution in [0, 0.1) is 0 Å². The van der Waals surface area contributed by atoms with Crippen molar-refractivity contribution in [1.82, 2.24) is 5.32 Å². The summed E-state index contributed by atoms with van der Waals surface area (Å²) >= 11 is 0. The Balaban J connectivity index is 2.16. The lowest BCUT2D eigenvalue weighted by molar-refractivity contribution is -0.118. The lowest BCUT2D eigenvalue weighted by Gasteiger charge is -2.26. The molecule has 0 spiro atoms. The van der Waals surface area contributed by atoms with E-state index in [4.69, 9.17) is 5.73 Å². The number of nitrogen functional groups attached to an aromatic ring is 1. The number of aryl methyl sites for hydroxylation is 1. The van der Waals surface area contributed by atoms with Crippen molar-refractivity contribution in [3.05, 3.63) is 41.0 Å². The van der Waals surface area contributed by atoms with E-state index < -0.39 is 0 Å². The van der Waals surface area contributed by atoms with Gasteiger partial charge in [0.25, 0.3) is 0 Å². The van der Waals surface area contributed by atoms with Crippen molar-refractivity contribution < 1.29 is 4.79 Å². The molecule has 1 aromatic rings. The van der Waals surface area contributed by atoms with Crippen LogP contribution in [0.15, 0.2) is 29.8 Å². The number of hydrogen-bond donors (Lipinski definition) is 2. The largest absolute Gasteiger partial charge is 0.399 e. The lowest BCUT2D eigenvalue weighted by atomic mass is 9.87. The molecule has 1 atom stereocenters. The average molecular weight is 258 g/mol. The summed E-state index contributed by atoms with van der Waals surface area (Å²) in [4.78, 5) is 12.1. The molecule has 0 saturated heterocycles. The van der Waals surface area contributed by atoms with Crippen LogP contribution in [0.5, 0.6) is 0 Å². The molecule has 1 aliphatic carbocycles. The summed E-state index contributed by atoms with van der Waals surface area (Å²) < 4.78 is 0. The molecular weight excluding hydrogens is 236 g/mol.